The zero-order valence-electron chi connectivity index (χ0n) is 8.84. The number of carbonyl (C=O) groups is 1. The summed E-state index contributed by atoms with van der Waals surface area (Å²) in [6, 6.07) is 0. The molecule has 0 amide bonds. The Labute approximate surface area is 84.3 Å². The lowest BCUT2D eigenvalue weighted by molar-refractivity contribution is -0.143. The highest BCUT2D eigenvalue weighted by Crippen LogP contribution is 2.36. The molecule has 80 valence electrons. The molecule has 2 saturated heterocycles. The molecule has 2 N–H and O–H groups in total. The van der Waals surface area contributed by atoms with Gasteiger partial charge in [-0.15, -0.1) is 0 Å². The van der Waals surface area contributed by atoms with Crippen LogP contribution in [-0.4, -0.2) is 47.2 Å². The number of likely N-dealkylation sites (tertiary alicyclic amines) is 1. The normalized spacial score (nSPS) is 43.6. The first-order chi connectivity index (χ1) is 6.46. The summed E-state index contributed by atoms with van der Waals surface area (Å²) in [5.41, 5.74) is -0.632. The molecule has 4 nitrogen and oxygen atoms in total. The van der Waals surface area contributed by atoms with E-state index in [4.69, 9.17) is 5.11 Å². The van der Waals surface area contributed by atoms with Crippen molar-refractivity contribution >= 4 is 5.97 Å². The topological polar surface area (TPSA) is 52.6 Å². The molecule has 0 saturated carbocycles. The molecule has 2 atom stereocenters. The van der Waals surface area contributed by atoms with Gasteiger partial charge in [-0.1, -0.05) is 0 Å². The van der Waals surface area contributed by atoms with E-state index in [9.17, 15) is 4.79 Å². The van der Waals surface area contributed by atoms with Crippen molar-refractivity contribution in [2.24, 2.45) is 0 Å². The van der Waals surface area contributed by atoms with E-state index in [0.717, 1.165) is 32.4 Å². The molecule has 0 aromatic carbocycles. The van der Waals surface area contributed by atoms with Crippen LogP contribution >= 0.6 is 0 Å². The van der Waals surface area contributed by atoms with E-state index in [-0.39, 0.29) is 5.54 Å². The summed E-state index contributed by atoms with van der Waals surface area (Å²) in [6.45, 7) is 3.85. The molecule has 0 radical (unpaired) electrons. The molecular weight excluding hydrogens is 180 g/mol. The molecule has 0 aromatic heterocycles. The van der Waals surface area contributed by atoms with E-state index in [2.05, 4.69) is 17.3 Å². The van der Waals surface area contributed by atoms with Gasteiger partial charge in [-0.25, -0.2) is 0 Å². The minimum atomic E-state index is -0.719. The van der Waals surface area contributed by atoms with Crippen molar-refractivity contribution in [2.75, 3.05) is 20.1 Å². The van der Waals surface area contributed by atoms with Crippen LogP contribution in [0.15, 0.2) is 0 Å². The van der Waals surface area contributed by atoms with Crippen LogP contribution in [-0.2, 0) is 4.79 Å². The summed E-state index contributed by atoms with van der Waals surface area (Å²) in [7, 11) is 2.09. The SMILES string of the molecule is CN1CCC2(CCC(C)(C(=O)O)N2)C1. The number of carboxylic acids is 1. The first-order valence-corrected chi connectivity index (χ1v) is 5.17. The lowest BCUT2D eigenvalue weighted by Gasteiger charge is -2.28. The first kappa shape index (κ1) is 9.93. The lowest BCUT2D eigenvalue weighted by Crippen LogP contribution is -2.54. The highest BCUT2D eigenvalue weighted by molar-refractivity contribution is 5.79. The van der Waals surface area contributed by atoms with Crippen LogP contribution in [0.3, 0.4) is 0 Å². The van der Waals surface area contributed by atoms with Gasteiger partial charge >= 0.3 is 5.97 Å². The predicted molar refractivity (Wildman–Crippen MR) is 53.3 cm³/mol. The summed E-state index contributed by atoms with van der Waals surface area (Å²) in [6.07, 6.45) is 2.81. The number of carboxylic acid groups (broad SMARTS) is 1. The summed E-state index contributed by atoms with van der Waals surface area (Å²) in [5.74, 6) is -0.719. The molecule has 0 bridgehead atoms. The van der Waals surface area contributed by atoms with E-state index >= 15 is 0 Å². The Bertz CT molecular complexity index is 269. The molecule has 2 aliphatic rings. The van der Waals surface area contributed by atoms with Gasteiger partial charge in [0.15, 0.2) is 0 Å². The number of rotatable bonds is 1. The quantitative estimate of drug-likeness (QED) is 0.636. The minimum absolute atomic E-state index is 0.0713. The smallest absolute Gasteiger partial charge is 0.323 e. The van der Waals surface area contributed by atoms with Gasteiger partial charge in [-0.2, -0.15) is 0 Å². The van der Waals surface area contributed by atoms with Crippen molar-refractivity contribution in [1.29, 1.82) is 0 Å². The van der Waals surface area contributed by atoms with Crippen LogP contribution in [0.5, 0.6) is 0 Å². The Hall–Kier alpha value is -0.610. The number of hydrogen-bond donors (Lipinski definition) is 2. The molecule has 1 spiro atoms. The fraction of sp³-hybridized carbons (Fsp3) is 0.900. The summed E-state index contributed by atoms with van der Waals surface area (Å²) in [4.78, 5) is 13.3. The number of aliphatic carboxylic acids is 1. The zero-order chi connectivity index (χ0) is 10.4. The zero-order valence-corrected chi connectivity index (χ0v) is 8.84. The van der Waals surface area contributed by atoms with Gasteiger partial charge in [-0.05, 0) is 39.8 Å². The summed E-state index contributed by atoms with van der Waals surface area (Å²) >= 11 is 0. The average Bonchev–Trinajstić information content (AvgIpc) is 2.60. The number of nitrogens with zero attached hydrogens (tertiary/aromatic N) is 1. The van der Waals surface area contributed by atoms with Crippen LogP contribution in [0.2, 0.25) is 0 Å². The maximum Gasteiger partial charge on any atom is 0.323 e. The third-order valence-electron chi connectivity index (χ3n) is 3.66. The van der Waals surface area contributed by atoms with Crippen molar-refractivity contribution in [3.05, 3.63) is 0 Å². The molecule has 2 unspecified atom stereocenters. The standard InChI is InChI=1S/C10H18N2O2/c1-9(8(13)14)3-4-10(11-9)5-6-12(2)7-10/h11H,3-7H2,1-2H3,(H,13,14). The first-order valence-electron chi connectivity index (χ1n) is 5.17. The van der Waals surface area contributed by atoms with Gasteiger partial charge < -0.3 is 10.0 Å². The summed E-state index contributed by atoms with van der Waals surface area (Å²) < 4.78 is 0. The largest absolute Gasteiger partial charge is 0.480 e. The van der Waals surface area contributed by atoms with Gasteiger partial charge in [0.2, 0.25) is 0 Å². The molecule has 14 heavy (non-hydrogen) atoms. The maximum atomic E-state index is 11.1. The Morgan fingerprint density at radius 2 is 2.14 bits per heavy atom. The van der Waals surface area contributed by atoms with Crippen molar-refractivity contribution in [2.45, 2.75) is 37.3 Å². The van der Waals surface area contributed by atoms with Crippen molar-refractivity contribution in [1.82, 2.24) is 10.2 Å². The Kier molecular flexibility index (Phi) is 2.08. The van der Waals surface area contributed by atoms with Crippen molar-refractivity contribution < 1.29 is 9.90 Å². The predicted octanol–water partition coefficient (Wildman–Crippen LogP) is 0.287. The fourth-order valence-corrected chi connectivity index (χ4v) is 2.75. The number of nitrogens with one attached hydrogen (secondary N) is 1. The Balaban J connectivity index is 2.11. The second-order valence-corrected chi connectivity index (χ2v) is 5.03. The van der Waals surface area contributed by atoms with Crippen LogP contribution in [0.4, 0.5) is 0 Å². The van der Waals surface area contributed by atoms with Crippen LogP contribution in [0.25, 0.3) is 0 Å². The van der Waals surface area contributed by atoms with Crippen molar-refractivity contribution in [3.8, 4) is 0 Å². The third kappa shape index (κ3) is 1.42. The number of likely N-dealkylation sites (N-methyl/N-ethyl adjacent to an activating group) is 1. The molecule has 0 aromatic rings. The molecule has 2 rings (SSSR count). The van der Waals surface area contributed by atoms with Crippen LogP contribution in [0.1, 0.15) is 26.2 Å². The van der Waals surface area contributed by atoms with Gasteiger partial charge in [0, 0.05) is 12.1 Å². The lowest BCUT2D eigenvalue weighted by atomic mass is 9.96. The van der Waals surface area contributed by atoms with Gasteiger partial charge in [0.1, 0.15) is 5.54 Å². The number of hydrogen-bond acceptors (Lipinski definition) is 3. The molecule has 2 fully saturated rings. The Morgan fingerprint density at radius 1 is 1.43 bits per heavy atom. The molecular formula is C10H18N2O2. The van der Waals surface area contributed by atoms with Crippen molar-refractivity contribution in [3.63, 3.8) is 0 Å². The third-order valence-corrected chi connectivity index (χ3v) is 3.66. The molecule has 4 heteroatoms. The Morgan fingerprint density at radius 3 is 2.57 bits per heavy atom. The van der Waals surface area contributed by atoms with Gasteiger partial charge in [0.05, 0.1) is 0 Å². The molecule has 0 aliphatic carbocycles. The van der Waals surface area contributed by atoms with E-state index < -0.39 is 11.5 Å². The van der Waals surface area contributed by atoms with E-state index in [1.165, 1.54) is 0 Å². The van der Waals surface area contributed by atoms with Crippen LogP contribution in [0, 0.1) is 0 Å². The van der Waals surface area contributed by atoms with E-state index in [1.54, 1.807) is 6.92 Å². The van der Waals surface area contributed by atoms with E-state index in [1.807, 2.05) is 0 Å². The molecule has 2 aliphatic heterocycles. The highest BCUT2D eigenvalue weighted by Gasteiger charge is 2.51. The summed E-state index contributed by atoms with van der Waals surface area (Å²) in [5, 5.41) is 12.4. The van der Waals surface area contributed by atoms with Gasteiger partial charge in [-0.3, -0.25) is 10.1 Å². The fourth-order valence-electron chi connectivity index (χ4n) is 2.75. The van der Waals surface area contributed by atoms with Gasteiger partial charge in [0.25, 0.3) is 0 Å². The average molecular weight is 198 g/mol. The second kappa shape index (κ2) is 2.94. The molecule has 2 heterocycles. The second-order valence-electron chi connectivity index (χ2n) is 5.03. The minimum Gasteiger partial charge on any atom is -0.480 e. The maximum absolute atomic E-state index is 11.1. The van der Waals surface area contributed by atoms with E-state index in [0.29, 0.717) is 0 Å². The highest BCUT2D eigenvalue weighted by atomic mass is 16.4. The monoisotopic (exact) mass is 198 g/mol. The van der Waals surface area contributed by atoms with Crippen LogP contribution < -0.4 is 5.32 Å².